The van der Waals surface area contributed by atoms with Gasteiger partial charge in [0.25, 0.3) is 0 Å². The number of hydrazone groups is 1. The lowest BCUT2D eigenvalue weighted by Crippen LogP contribution is -2.34. The molecule has 2 atom stereocenters. The van der Waals surface area contributed by atoms with Crippen molar-refractivity contribution < 1.29 is 18.3 Å². The molecule has 2 heterocycles. The molecule has 4 nitrogen and oxygen atoms in total. The van der Waals surface area contributed by atoms with Crippen LogP contribution in [0.2, 0.25) is 0 Å². The maximum atomic E-state index is 13.0. The molecule has 0 aliphatic carbocycles. The van der Waals surface area contributed by atoms with Gasteiger partial charge in [-0.1, -0.05) is 58.4 Å². The maximum absolute atomic E-state index is 13.0. The number of ether oxygens (including phenoxy) is 2. The van der Waals surface area contributed by atoms with Crippen LogP contribution in [0.25, 0.3) is 0 Å². The second-order valence-corrected chi connectivity index (χ2v) is 8.00. The maximum Gasteiger partial charge on any atom is 0.387 e. The molecule has 3 aromatic carbocycles. The van der Waals surface area contributed by atoms with E-state index in [-0.39, 0.29) is 11.8 Å². The lowest BCUT2D eigenvalue weighted by molar-refractivity contribution is -0.0578. The number of para-hydroxylation sites is 1. The van der Waals surface area contributed by atoms with Crippen molar-refractivity contribution >= 4 is 21.6 Å². The Kier molecular flexibility index (Phi) is 4.90. The van der Waals surface area contributed by atoms with E-state index in [0.717, 1.165) is 21.3 Å². The molecule has 0 bridgehead atoms. The molecule has 0 radical (unpaired) electrons. The molecule has 0 spiro atoms. The largest absolute Gasteiger partial charge is 0.464 e. The Morgan fingerprint density at radius 2 is 1.77 bits per heavy atom. The Hall–Kier alpha value is -2.93. The van der Waals surface area contributed by atoms with Gasteiger partial charge in [0.15, 0.2) is 0 Å². The molecule has 7 heteroatoms. The summed E-state index contributed by atoms with van der Waals surface area (Å²) in [5.74, 6) is 0.793. The first kappa shape index (κ1) is 19.1. The monoisotopic (exact) mass is 470 g/mol. The molecule has 5 rings (SSSR count). The molecule has 3 aromatic rings. The summed E-state index contributed by atoms with van der Waals surface area (Å²) in [5.41, 5.74) is 3.46. The number of nitrogens with zero attached hydrogens (tertiary/aromatic N) is 2. The Balaban J connectivity index is 1.61. The van der Waals surface area contributed by atoms with Gasteiger partial charge < -0.3 is 9.47 Å². The zero-order valence-electron chi connectivity index (χ0n) is 15.7. The average molecular weight is 471 g/mol. The first-order chi connectivity index (χ1) is 14.6. The van der Waals surface area contributed by atoms with Gasteiger partial charge in [-0.25, -0.2) is 5.01 Å². The zero-order chi connectivity index (χ0) is 20.7. The lowest BCUT2D eigenvalue weighted by Gasteiger charge is -2.38. The molecular weight excluding hydrogens is 454 g/mol. The minimum atomic E-state index is -2.92. The van der Waals surface area contributed by atoms with Gasteiger partial charge in [-0.3, -0.25) is 0 Å². The quantitative estimate of drug-likeness (QED) is 0.449. The number of rotatable bonds is 4. The number of hydrogen-bond acceptors (Lipinski definition) is 4. The van der Waals surface area contributed by atoms with Crippen LogP contribution in [0.5, 0.6) is 11.5 Å². The van der Waals surface area contributed by atoms with Crippen molar-refractivity contribution in [2.45, 2.75) is 25.3 Å². The normalized spacial score (nSPS) is 19.7. The third-order valence-corrected chi connectivity index (χ3v) is 5.75. The Bertz CT molecular complexity index is 1110. The van der Waals surface area contributed by atoms with E-state index in [9.17, 15) is 8.78 Å². The first-order valence-electron chi connectivity index (χ1n) is 9.51. The smallest absolute Gasteiger partial charge is 0.387 e. The van der Waals surface area contributed by atoms with Crippen LogP contribution in [-0.4, -0.2) is 17.3 Å². The van der Waals surface area contributed by atoms with E-state index < -0.39 is 12.8 Å². The van der Waals surface area contributed by atoms with E-state index in [1.54, 1.807) is 18.2 Å². The fourth-order valence-electron chi connectivity index (χ4n) is 3.96. The molecule has 0 unspecified atom stereocenters. The summed E-state index contributed by atoms with van der Waals surface area (Å²) >= 11 is 3.53. The molecule has 30 heavy (non-hydrogen) atoms. The van der Waals surface area contributed by atoms with Crippen LogP contribution in [0, 0.1) is 0 Å². The third-order valence-electron chi connectivity index (χ3n) is 5.26. The lowest BCUT2D eigenvalue weighted by atomic mass is 9.96. The molecule has 0 aromatic heterocycles. The number of benzene rings is 3. The summed E-state index contributed by atoms with van der Waals surface area (Å²) in [6, 6.07) is 22.4. The van der Waals surface area contributed by atoms with Crippen LogP contribution in [0.1, 0.15) is 35.4 Å². The third kappa shape index (κ3) is 3.43. The molecular formula is C23H17BrF2N2O2. The predicted molar refractivity (Wildman–Crippen MR) is 113 cm³/mol. The van der Waals surface area contributed by atoms with E-state index in [1.165, 1.54) is 6.07 Å². The fraction of sp³-hybridized carbons (Fsp3) is 0.174. The van der Waals surface area contributed by atoms with Crippen LogP contribution in [0.15, 0.2) is 82.4 Å². The van der Waals surface area contributed by atoms with Crippen molar-refractivity contribution in [3.05, 3.63) is 94.0 Å². The van der Waals surface area contributed by atoms with Gasteiger partial charge in [0.1, 0.15) is 11.5 Å². The van der Waals surface area contributed by atoms with E-state index in [2.05, 4.69) is 15.9 Å². The fourth-order valence-corrected chi connectivity index (χ4v) is 4.33. The topological polar surface area (TPSA) is 34.1 Å². The highest BCUT2D eigenvalue weighted by molar-refractivity contribution is 9.10. The summed E-state index contributed by atoms with van der Waals surface area (Å²) in [6.07, 6.45) is 0.00501. The molecule has 2 aliphatic rings. The van der Waals surface area contributed by atoms with Gasteiger partial charge in [-0.15, -0.1) is 0 Å². The molecule has 0 fully saturated rings. The zero-order valence-corrected chi connectivity index (χ0v) is 17.3. The summed E-state index contributed by atoms with van der Waals surface area (Å²) in [7, 11) is 0. The van der Waals surface area contributed by atoms with Gasteiger partial charge in [0.2, 0.25) is 6.23 Å². The van der Waals surface area contributed by atoms with Gasteiger partial charge in [-0.05, 0) is 35.9 Å². The van der Waals surface area contributed by atoms with Crippen molar-refractivity contribution in [2.75, 3.05) is 0 Å². The second kappa shape index (κ2) is 7.72. The van der Waals surface area contributed by atoms with Crippen molar-refractivity contribution in [3.63, 3.8) is 0 Å². The van der Waals surface area contributed by atoms with Gasteiger partial charge in [0, 0.05) is 16.5 Å². The van der Waals surface area contributed by atoms with E-state index >= 15 is 0 Å². The molecule has 0 saturated heterocycles. The standard InChI is InChI=1S/C23H17BrF2N2O2/c24-15-10-11-21-17(12-15)19-13-18(14-6-2-1-3-7-14)27-28(19)22(29-21)16-8-4-5-9-20(16)30-23(25)26/h1-12,19,22-23H,13H2/t19-,22-/m1/s1. The molecule has 0 N–H and O–H groups in total. The SMILES string of the molecule is FC(F)Oc1ccccc1[C@H]1Oc2ccc(Br)cc2[C@H]2CC(c3ccccc3)=NN21. The highest BCUT2D eigenvalue weighted by Gasteiger charge is 2.42. The van der Waals surface area contributed by atoms with Gasteiger partial charge in [0.05, 0.1) is 17.3 Å². The number of halogens is 3. The van der Waals surface area contributed by atoms with Crippen molar-refractivity contribution in [1.82, 2.24) is 5.01 Å². The Morgan fingerprint density at radius 1 is 1.00 bits per heavy atom. The van der Waals surface area contributed by atoms with Gasteiger partial charge in [-0.2, -0.15) is 13.9 Å². The summed E-state index contributed by atoms with van der Waals surface area (Å²) < 4.78 is 38.0. The number of alkyl halides is 2. The minimum Gasteiger partial charge on any atom is -0.464 e. The van der Waals surface area contributed by atoms with Crippen molar-refractivity contribution in [3.8, 4) is 11.5 Å². The van der Waals surface area contributed by atoms with E-state index in [0.29, 0.717) is 17.7 Å². The average Bonchev–Trinajstić information content (AvgIpc) is 3.20. The van der Waals surface area contributed by atoms with Gasteiger partial charge >= 0.3 is 6.61 Å². The molecule has 2 aliphatic heterocycles. The van der Waals surface area contributed by atoms with Crippen LogP contribution in [0.3, 0.4) is 0 Å². The first-order valence-corrected chi connectivity index (χ1v) is 10.3. The van der Waals surface area contributed by atoms with E-state index in [1.807, 2.05) is 53.5 Å². The van der Waals surface area contributed by atoms with Crippen LogP contribution < -0.4 is 9.47 Å². The van der Waals surface area contributed by atoms with Crippen LogP contribution >= 0.6 is 15.9 Å². The number of hydrogen-bond donors (Lipinski definition) is 0. The van der Waals surface area contributed by atoms with Crippen molar-refractivity contribution in [2.24, 2.45) is 5.10 Å². The summed E-state index contributed by atoms with van der Waals surface area (Å²) in [6.45, 7) is -2.92. The summed E-state index contributed by atoms with van der Waals surface area (Å²) in [5, 5.41) is 6.71. The van der Waals surface area contributed by atoms with Crippen LogP contribution in [-0.2, 0) is 0 Å². The van der Waals surface area contributed by atoms with Crippen molar-refractivity contribution in [1.29, 1.82) is 0 Å². The van der Waals surface area contributed by atoms with Crippen LogP contribution in [0.4, 0.5) is 8.78 Å². The second-order valence-electron chi connectivity index (χ2n) is 7.08. The Labute approximate surface area is 180 Å². The molecule has 0 saturated carbocycles. The highest BCUT2D eigenvalue weighted by Crippen LogP contribution is 2.49. The summed E-state index contributed by atoms with van der Waals surface area (Å²) in [4.78, 5) is 0. The highest BCUT2D eigenvalue weighted by atomic mass is 79.9. The molecule has 0 amide bonds. The number of fused-ring (bicyclic) bond motifs is 3. The Morgan fingerprint density at radius 3 is 2.57 bits per heavy atom. The predicted octanol–water partition coefficient (Wildman–Crippen LogP) is 6.29. The van der Waals surface area contributed by atoms with E-state index in [4.69, 9.17) is 14.6 Å². The molecule has 152 valence electrons. The minimum absolute atomic E-state index is 0.0777.